The van der Waals surface area contributed by atoms with Gasteiger partial charge in [0.25, 0.3) is 0 Å². The van der Waals surface area contributed by atoms with Crippen molar-refractivity contribution in [2.75, 3.05) is 43.9 Å². The average Bonchev–Trinajstić information content (AvgIpc) is 2.60. The van der Waals surface area contributed by atoms with Crippen LogP contribution in [0.2, 0.25) is 0 Å². The van der Waals surface area contributed by atoms with E-state index in [4.69, 9.17) is 0 Å². The number of piperazine rings is 1. The number of nitrogens with zero attached hydrogens (tertiary/aromatic N) is 3. The van der Waals surface area contributed by atoms with Crippen LogP contribution in [0.5, 0.6) is 0 Å². The van der Waals surface area contributed by atoms with Gasteiger partial charge in [-0.2, -0.15) is 0 Å². The van der Waals surface area contributed by atoms with Crippen LogP contribution in [0.4, 0.5) is 5.82 Å². The van der Waals surface area contributed by atoms with E-state index in [1.165, 1.54) is 6.92 Å². The van der Waals surface area contributed by atoms with Crippen LogP contribution in [0.25, 0.3) is 0 Å². The zero-order valence-electron chi connectivity index (χ0n) is 15.7. The van der Waals surface area contributed by atoms with E-state index in [2.05, 4.69) is 31.9 Å². The monoisotopic (exact) mass is 383 g/mol. The van der Waals surface area contributed by atoms with Crippen LogP contribution in [0, 0.1) is 0 Å². The lowest BCUT2D eigenvalue weighted by molar-refractivity contribution is -0.122. The lowest BCUT2D eigenvalue weighted by Gasteiger charge is -2.33. The van der Waals surface area contributed by atoms with Crippen molar-refractivity contribution >= 4 is 21.7 Å². The third-order valence-corrected chi connectivity index (χ3v) is 5.98. The molecule has 2 rings (SSSR count). The predicted octanol–water partition coefficient (Wildman–Crippen LogP) is 0.168. The van der Waals surface area contributed by atoms with E-state index in [1.807, 2.05) is 12.1 Å². The number of hydrogen-bond donors (Lipinski definition) is 2. The Hall–Kier alpha value is -1.71. The molecule has 0 radical (unpaired) electrons. The average molecular weight is 384 g/mol. The Morgan fingerprint density at radius 3 is 2.54 bits per heavy atom. The smallest absolute Gasteiger partial charge is 0.238 e. The largest absolute Gasteiger partial charge is 0.354 e. The van der Waals surface area contributed by atoms with Crippen LogP contribution in [0.15, 0.2) is 18.3 Å². The third kappa shape index (κ3) is 6.22. The summed E-state index contributed by atoms with van der Waals surface area (Å²) >= 11 is 0. The molecule has 9 heteroatoms. The first-order chi connectivity index (χ1) is 12.3. The first kappa shape index (κ1) is 20.6. The number of rotatable bonds is 8. The Morgan fingerprint density at radius 1 is 1.27 bits per heavy atom. The van der Waals surface area contributed by atoms with Crippen LogP contribution in [0.3, 0.4) is 0 Å². The normalized spacial score (nSPS) is 17.1. The molecule has 0 aromatic carbocycles. The zero-order valence-corrected chi connectivity index (χ0v) is 16.6. The van der Waals surface area contributed by atoms with E-state index >= 15 is 0 Å². The quantitative estimate of drug-likeness (QED) is 0.664. The number of carbonyl (C=O) groups is 1. The molecule has 0 unspecified atom stereocenters. The Morgan fingerprint density at radius 2 is 1.96 bits per heavy atom. The van der Waals surface area contributed by atoms with Crippen LogP contribution >= 0.6 is 0 Å². The van der Waals surface area contributed by atoms with Gasteiger partial charge in [-0.05, 0) is 32.0 Å². The summed E-state index contributed by atoms with van der Waals surface area (Å²) in [5, 5.41) is 2.74. The molecule has 0 spiro atoms. The molecule has 0 aliphatic carbocycles. The van der Waals surface area contributed by atoms with E-state index in [9.17, 15) is 13.2 Å². The number of carbonyl (C=O) groups excluding carboxylic acids is 1. The standard InChI is InChI=1S/C17H29N5O3S/c1-4-11-26(24,25)20-14(2)17(23)19-13-15-5-6-16(18-12-15)22-9-7-21(3)8-10-22/h5-6,12,14,20H,4,7-11,13H2,1-3H3,(H,19,23)/t14-/m1/s1. The molecule has 2 heterocycles. The van der Waals surface area contributed by atoms with Crippen molar-refractivity contribution in [3.05, 3.63) is 23.9 Å². The van der Waals surface area contributed by atoms with Crippen LogP contribution in [-0.2, 0) is 21.4 Å². The van der Waals surface area contributed by atoms with Gasteiger partial charge in [0.15, 0.2) is 0 Å². The molecular formula is C17H29N5O3S. The molecule has 1 aliphatic heterocycles. The van der Waals surface area contributed by atoms with Crippen LogP contribution in [-0.4, -0.2) is 69.2 Å². The molecule has 8 nitrogen and oxygen atoms in total. The first-order valence-electron chi connectivity index (χ1n) is 8.97. The minimum absolute atomic E-state index is 0.0162. The zero-order chi connectivity index (χ0) is 19.2. The number of amides is 1. The molecule has 1 saturated heterocycles. The Bertz CT molecular complexity index is 685. The second kappa shape index (κ2) is 9.29. The van der Waals surface area contributed by atoms with Gasteiger partial charge < -0.3 is 15.1 Å². The molecule has 1 aromatic rings. The molecule has 26 heavy (non-hydrogen) atoms. The van der Waals surface area contributed by atoms with E-state index in [0.29, 0.717) is 13.0 Å². The molecule has 1 aromatic heterocycles. The molecule has 1 amide bonds. The summed E-state index contributed by atoms with van der Waals surface area (Å²) in [6, 6.07) is 3.09. The van der Waals surface area contributed by atoms with Gasteiger partial charge in [0, 0.05) is 38.9 Å². The minimum atomic E-state index is -3.41. The van der Waals surface area contributed by atoms with Crippen molar-refractivity contribution in [1.82, 2.24) is 19.9 Å². The Labute approximate surface area is 156 Å². The molecule has 0 bridgehead atoms. The predicted molar refractivity (Wildman–Crippen MR) is 102 cm³/mol. The highest BCUT2D eigenvalue weighted by Gasteiger charge is 2.19. The topological polar surface area (TPSA) is 94.6 Å². The maximum Gasteiger partial charge on any atom is 0.238 e. The number of anilines is 1. The van der Waals surface area contributed by atoms with Crippen LogP contribution < -0.4 is 14.9 Å². The number of sulfonamides is 1. The summed E-state index contributed by atoms with van der Waals surface area (Å²) in [6.07, 6.45) is 2.26. The second-order valence-electron chi connectivity index (χ2n) is 6.69. The molecule has 146 valence electrons. The molecule has 1 aliphatic rings. The molecule has 2 N–H and O–H groups in total. The van der Waals surface area contributed by atoms with E-state index in [1.54, 1.807) is 13.1 Å². The second-order valence-corrected chi connectivity index (χ2v) is 8.56. The number of likely N-dealkylation sites (N-methyl/N-ethyl adjacent to an activating group) is 1. The number of aromatic nitrogens is 1. The van der Waals surface area contributed by atoms with E-state index < -0.39 is 16.1 Å². The lowest BCUT2D eigenvalue weighted by atomic mass is 10.2. The summed E-state index contributed by atoms with van der Waals surface area (Å²) in [4.78, 5) is 21.1. The summed E-state index contributed by atoms with van der Waals surface area (Å²) in [5.41, 5.74) is 0.875. The van der Waals surface area contributed by atoms with Gasteiger partial charge in [0.1, 0.15) is 5.82 Å². The number of hydrogen-bond acceptors (Lipinski definition) is 6. The van der Waals surface area contributed by atoms with Crippen molar-refractivity contribution in [3.8, 4) is 0 Å². The summed E-state index contributed by atoms with van der Waals surface area (Å²) < 4.78 is 25.8. The highest BCUT2D eigenvalue weighted by atomic mass is 32.2. The fourth-order valence-electron chi connectivity index (χ4n) is 2.74. The maximum atomic E-state index is 12.1. The van der Waals surface area contributed by atoms with Gasteiger partial charge in [-0.3, -0.25) is 4.79 Å². The van der Waals surface area contributed by atoms with Gasteiger partial charge in [0.05, 0.1) is 11.8 Å². The highest BCUT2D eigenvalue weighted by Crippen LogP contribution is 2.13. The maximum absolute atomic E-state index is 12.1. The van der Waals surface area contributed by atoms with Gasteiger partial charge in [0.2, 0.25) is 15.9 Å². The van der Waals surface area contributed by atoms with Crippen molar-refractivity contribution in [1.29, 1.82) is 0 Å². The van der Waals surface area contributed by atoms with Gasteiger partial charge in [-0.15, -0.1) is 0 Å². The van der Waals surface area contributed by atoms with Crippen LogP contribution in [0.1, 0.15) is 25.8 Å². The van der Waals surface area contributed by atoms with Crippen molar-refractivity contribution in [2.45, 2.75) is 32.9 Å². The molecule has 1 atom stereocenters. The van der Waals surface area contributed by atoms with Crippen molar-refractivity contribution < 1.29 is 13.2 Å². The Balaban J connectivity index is 1.82. The van der Waals surface area contributed by atoms with Crippen molar-refractivity contribution in [3.63, 3.8) is 0 Å². The van der Waals surface area contributed by atoms with Gasteiger partial charge >= 0.3 is 0 Å². The number of nitrogens with one attached hydrogen (secondary N) is 2. The molecule has 0 saturated carbocycles. The summed E-state index contributed by atoms with van der Waals surface area (Å²) in [7, 11) is -1.30. The fraction of sp³-hybridized carbons (Fsp3) is 0.647. The minimum Gasteiger partial charge on any atom is -0.354 e. The van der Waals surface area contributed by atoms with Crippen molar-refractivity contribution in [2.24, 2.45) is 0 Å². The SMILES string of the molecule is CCCS(=O)(=O)N[C@H](C)C(=O)NCc1ccc(N2CCN(C)CC2)nc1. The summed E-state index contributed by atoms with van der Waals surface area (Å²) in [5.74, 6) is 0.601. The highest BCUT2D eigenvalue weighted by molar-refractivity contribution is 7.89. The van der Waals surface area contributed by atoms with Gasteiger partial charge in [-0.1, -0.05) is 13.0 Å². The molecular weight excluding hydrogens is 354 g/mol. The fourth-order valence-corrected chi connectivity index (χ4v) is 4.04. The Kier molecular flexibility index (Phi) is 7.36. The third-order valence-electron chi connectivity index (χ3n) is 4.33. The van der Waals surface area contributed by atoms with Gasteiger partial charge in [-0.25, -0.2) is 18.1 Å². The van der Waals surface area contributed by atoms with E-state index in [-0.39, 0.29) is 11.7 Å². The number of pyridine rings is 1. The lowest BCUT2D eigenvalue weighted by Crippen LogP contribution is -2.45. The first-order valence-corrected chi connectivity index (χ1v) is 10.6. The van der Waals surface area contributed by atoms with E-state index in [0.717, 1.165) is 37.6 Å². The molecule has 1 fully saturated rings. The summed E-state index contributed by atoms with van der Waals surface area (Å²) in [6.45, 7) is 7.58.